The lowest BCUT2D eigenvalue weighted by atomic mass is 10.2. The van der Waals surface area contributed by atoms with E-state index in [4.69, 9.17) is 7.10 Å². The van der Waals surface area contributed by atoms with Gasteiger partial charge in [-0.15, -0.1) is 0 Å². The number of unbranched alkanes of at least 4 members (excludes halogenated alkanes) is 2. The zero-order valence-electron chi connectivity index (χ0n) is 16.7. The highest BCUT2D eigenvalue weighted by Crippen LogP contribution is 2.15. The van der Waals surface area contributed by atoms with Crippen LogP contribution in [-0.4, -0.2) is 38.2 Å². The summed E-state index contributed by atoms with van der Waals surface area (Å²) >= 11 is 0. The van der Waals surface area contributed by atoms with Crippen LogP contribution in [0, 0.1) is 0 Å². The average Bonchev–Trinajstić information content (AvgIpc) is 3.27. The molecular formula is C17H21N9O2. The molecule has 0 unspecified atom stereocenters. The molecule has 4 heterocycles. The van der Waals surface area contributed by atoms with E-state index in [-0.39, 0.29) is 17.7 Å². The minimum Gasteiger partial charge on any atom is -0.382 e. The van der Waals surface area contributed by atoms with E-state index in [0.717, 1.165) is 23.8 Å². The van der Waals surface area contributed by atoms with Crippen molar-refractivity contribution in [1.29, 1.82) is 0 Å². The molecule has 0 saturated carbocycles. The molecule has 0 aromatic carbocycles. The normalized spacial score (nSPS) is 12.1. The molecule has 0 aliphatic heterocycles. The van der Waals surface area contributed by atoms with Gasteiger partial charge < -0.3 is 14.9 Å². The molecule has 0 aliphatic rings. The number of nitrogens with two attached hydrogens (primary N) is 1. The Hall–Kier alpha value is -3.50. The Balaban J connectivity index is 1.44. The van der Waals surface area contributed by atoms with Gasteiger partial charge in [-0.2, -0.15) is 0 Å². The Bertz CT molecular complexity index is 1330. The molecule has 0 bridgehead atoms. The first-order chi connectivity index (χ1) is 13.9. The van der Waals surface area contributed by atoms with Gasteiger partial charge in [-0.05, 0) is 19.3 Å². The Morgan fingerprint density at radius 3 is 2.50 bits per heavy atom. The maximum atomic E-state index is 12.5. The third kappa shape index (κ3) is 2.84. The average molecular weight is 384 g/mol. The number of aryl methyl sites for hydroxylation is 3. The third-order valence-corrected chi connectivity index (χ3v) is 4.87. The summed E-state index contributed by atoms with van der Waals surface area (Å²) in [5, 5.41) is 0. The Morgan fingerprint density at radius 2 is 1.71 bits per heavy atom. The summed E-state index contributed by atoms with van der Waals surface area (Å²) in [5.74, 6) is 0.269. The monoisotopic (exact) mass is 384 g/mol. The zero-order valence-corrected chi connectivity index (χ0v) is 15.7. The molecule has 4 rings (SSSR count). The van der Waals surface area contributed by atoms with Crippen LogP contribution in [0.1, 0.15) is 20.6 Å². The second-order valence-electron chi connectivity index (χ2n) is 6.67. The number of imidazole rings is 2. The number of nitrogens with zero attached hydrogens (tertiary/aromatic N) is 8. The Kier molecular flexibility index (Phi) is 4.11. The minimum atomic E-state index is -0.393. The van der Waals surface area contributed by atoms with Gasteiger partial charge in [0.1, 0.15) is 13.2 Å². The SMILES string of the molecule is [2H]c1nc2c(N)ncnc2n1CCCCCn1cnc2c1c(=O)n(C)c(=O)n2C. The van der Waals surface area contributed by atoms with E-state index in [1.165, 1.54) is 17.9 Å². The number of rotatable bonds is 6. The molecule has 2 N–H and O–H groups in total. The molecule has 0 atom stereocenters. The zero-order chi connectivity index (χ0) is 20.7. The molecule has 0 radical (unpaired) electrons. The lowest BCUT2D eigenvalue weighted by Gasteiger charge is -2.07. The molecule has 0 fully saturated rings. The van der Waals surface area contributed by atoms with Gasteiger partial charge in [-0.1, -0.05) is 0 Å². The van der Waals surface area contributed by atoms with Crippen molar-refractivity contribution in [1.82, 2.24) is 38.2 Å². The molecule has 4 aromatic rings. The van der Waals surface area contributed by atoms with Crippen molar-refractivity contribution in [2.45, 2.75) is 32.4 Å². The largest absolute Gasteiger partial charge is 0.382 e. The maximum Gasteiger partial charge on any atom is 0.332 e. The molecule has 28 heavy (non-hydrogen) atoms. The number of nitrogen functional groups attached to an aromatic ring is 1. The van der Waals surface area contributed by atoms with Crippen LogP contribution in [0.3, 0.4) is 0 Å². The van der Waals surface area contributed by atoms with Crippen LogP contribution in [0.15, 0.2) is 28.5 Å². The van der Waals surface area contributed by atoms with Crippen molar-refractivity contribution >= 4 is 28.1 Å². The fourth-order valence-electron chi connectivity index (χ4n) is 3.30. The summed E-state index contributed by atoms with van der Waals surface area (Å²) < 4.78 is 14.0. The van der Waals surface area contributed by atoms with Gasteiger partial charge in [-0.25, -0.2) is 24.7 Å². The minimum absolute atomic E-state index is 0.109. The highest BCUT2D eigenvalue weighted by Gasteiger charge is 2.14. The second-order valence-corrected chi connectivity index (χ2v) is 6.67. The fraction of sp³-hybridized carbons (Fsp3) is 0.412. The van der Waals surface area contributed by atoms with E-state index in [2.05, 4.69) is 19.9 Å². The van der Waals surface area contributed by atoms with Gasteiger partial charge in [0, 0.05) is 27.2 Å². The lowest BCUT2D eigenvalue weighted by molar-refractivity contribution is 0.553. The van der Waals surface area contributed by atoms with Crippen LogP contribution < -0.4 is 17.0 Å². The van der Waals surface area contributed by atoms with E-state index in [0.29, 0.717) is 35.4 Å². The van der Waals surface area contributed by atoms with Crippen molar-refractivity contribution in [3.63, 3.8) is 0 Å². The smallest absolute Gasteiger partial charge is 0.332 e. The van der Waals surface area contributed by atoms with Gasteiger partial charge in [0.05, 0.1) is 12.6 Å². The highest BCUT2D eigenvalue weighted by atomic mass is 16.2. The number of hydrogen-bond acceptors (Lipinski definition) is 7. The van der Waals surface area contributed by atoms with Crippen LogP contribution in [-0.2, 0) is 27.2 Å². The van der Waals surface area contributed by atoms with Gasteiger partial charge in [0.25, 0.3) is 5.56 Å². The first-order valence-corrected chi connectivity index (χ1v) is 8.94. The second kappa shape index (κ2) is 6.91. The van der Waals surface area contributed by atoms with Crippen molar-refractivity contribution in [2.75, 3.05) is 5.73 Å². The first-order valence-electron chi connectivity index (χ1n) is 9.44. The van der Waals surface area contributed by atoms with Gasteiger partial charge in [0.15, 0.2) is 22.6 Å². The summed E-state index contributed by atoms with van der Waals surface area (Å²) in [6, 6.07) is 0. The number of anilines is 1. The molecule has 0 aliphatic carbocycles. The summed E-state index contributed by atoms with van der Waals surface area (Å²) in [6.45, 7) is 1.20. The van der Waals surface area contributed by atoms with Crippen LogP contribution in [0.5, 0.6) is 0 Å². The van der Waals surface area contributed by atoms with Gasteiger partial charge in [-0.3, -0.25) is 13.9 Å². The van der Waals surface area contributed by atoms with Gasteiger partial charge >= 0.3 is 5.69 Å². The predicted octanol–water partition coefficient (Wildman–Crippen LogP) is 0.0261. The molecule has 4 aromatic heterocycles. The number of aromatic nitrogens is 8. The van der Waals surface area contributed by atoms with E-state index in [1.54, 1.807) is 22.5 Å². The van der Waals surface area contributed by atoms with E-state index >= 15 is 0 Å². The third-order valence-electron chi connectivity index (χ3n) is 4.87. The summed E-state index contributed by atoms with van der Waals surface area (Å²) in [5.41, 5.74) is 6.88. The number of hydrogen-bond donors (Lipinski definition) is 1. The Labute approximate surface area is 160 Å². The van der Waals surface area contributed by atoms with Gasteiger partial charge in [0.2, 0.25) is 0 Å². The highest BCUT2D eigenvalue weighted by molar-refractivity contribution is 5.81. The molecule has 0 amide bonds. The molecule has 146 valence electrons. The number of fused-ring (bicyclic) bond motifs is 2. The molecule has 11 nitrogen and oxygen atoms in total. The maximum absolute atomic E-state index is 12.5. The molecule has 0 spiro atoms. The summed E-state index contributed by atoms with van der Waals surface area (Å²) in [7, 11) is 3.07. The van der Waals surface area contributed by atoms with E-state index in [1.807, 2.05) is 0 Å². The molecule has 11 heteroatoms. The van der Waals surface area contributed by atoms with Crippen LogP contribution >= 0.6 is 0 Å². The standard InChI is InChI=1S/C17H21N9O2/c1-23-15-12(16(27)24(2)17(23)28)25(10-22-15)6-4-3-5-7-26-9-21-11-13(18)19-8-20-14(11)26/h8-10H,3-7H2,1-2H3,(H2,18,19,20)/i9D. The van der Waals surface area contributed by atoms with E-state index < -0.39 is 5.69 Å². The topological polar surface area (TPSA) is 131 Å². The lowest BCUT2D eigenvalue weighted by Crippen LogP contribution is -2.37. The quantitative estimate of drug-likeness (QED) is 0.464. The van der Waals surface area contributed by atoms with Crippen LogP contribution in [0.2, 0.25) is 0 Å². The molecule has 0 saturated heterocycles. The van der Waals surface area contributed by atoms with Crippen molar-refractivity contribution in [3.8, 4) is 0 Å². The van der Waals surface area contributed by atoms with Crippen molar-refractivity contribution < 1.29 is 1.37 Å². The summed E-state index contributed by atoms with van der Waals surface area (Å²) in [6.07, 6.45) is 5.56. The van der Waals surface area contributed by atoms with E-state index in [9.17, 15) is 9.59 Å². The Morgan fingerprint density at radius 1 is 0.964 bits per heavy atom. The van der Waals surface area contributed by atoms with Crippen molar-refractivity contribution in [2.24, 2.45) is 14.1 Å². The first kappa shape index (κ1) is 16.7. The van der Waals surface area contributed by atoms with Crippen molar-refractivity contribution in [3.05, 3.63) is 39.8 Å². The van der Waals surface area contributed by atoms with Crippen LogP contribution in [0.25, 0.3) is 22.3 Å². The predicted molar refractivity (Wildman–Crippen MR) is 104 cm³/mol. The molecular weight excluding hydrogens is 362 g/mol. The van der Waals surface area contributed by atoms with Crippen LogP contribution in [0.4, 0.5) is 5.82 Å². The fourth-order valence-corrected chi connectivity index (χ4v) is 3.30. The summed E-state index contributed by atoms with van der Waals surface area (Å²) in [4.78, 5) is 40.9.